The van der Waals surface area contributed by atoms with E-state index in [1.807, 2.05) is 67.0 Å². The topological polar surface area (TPSA) is 121 Å². The van der Waals surface area contributed by atoms with E-state index in [9.17, 15) is 15.0 Å². The summed E-state index contributed by atoms with van der Waals surface area (Å²) >= 11 is 0. The third-order valence-electron chi connectivity index (χ3n) is 12.2. The Hall–Kier alpha value is -4.90. The minimum absolute atomic E-state index is 0. The molecule has 1 unspecified atom stereocenters. The number of ether oxygens (including phenoxy) is 2. The summed E-state index contributed by atoms with van der Waals surface area (Å²) < 4.78 is 13.7. The summed E-state index contributed by atoms with van der Waals surface area (Å²) in [5.41, 5.74) is 10.6. The lowest BCUT2D eigenvalue weighted by Crippen LogP contribution is -2.42. The predicted octanol–water partition coefficient (Wildman–Crippen LogP) is 10.9. The molecule has 0 aliphatic carbocycles. The third kappa shape index (κ3) is 11.3. The van der Waals surface area contributed by atoms with Gasteiger partial charge < -0.3 is 29.9 Å². The molecule has 3 saturated heterocycles. The second kappa shape index (κ2) is 20.3. The fraction of sp³-hybridized carbons (Fsp3) is 0.460. The van der Waals surface area contributed by atoms with Gasteiger partial charge in [-0.25, -0.2) is 9.48 Å². The highest BCUT2D eigenvalue weighted by Gasteiger charge is 2.28. The normalized spacial score (nSPS) is 18.1. The Morgan fingerprint density at radius 3 is 2.03 bits per heavy atom. The number of amides is 1. The first-order valence-electron chi connectivity index (χ1n) is 21.6. The Labute approximate surface area is 367 Å². The van der Waals surface area contributed by atoms with Gasteiger partial charge in [-0.05, 0) is 179 Å². The number of aromatic hydroxyl groups is 2. The molecule has 9 rings (SSSR count). The van der Waals surface area contributed by atoms with Crippen LogP contribution in [0.5, 0.6) is 11.5 Å². The molecule has 10 nitrogen and oxygen atoms in total. The average Bonchev–Trinajstić information content (AvgIpc) is 3.90. The number of fused-ring (bicyclic) bond motifs is 2. The lowest BCUT2D eigenvalue weighted by Gasteiger charge is -2.33. The van der Waals surface area contributed by atoms with Gasteiger partial charge in [0.05, 0.1) is 18.3 Å². The Kier molecular flexibility index (Phi) is 15.2. The smallest absolute Gasteiger partial charge is 0.410 e. The third-order valence-corrected chi connectivity index (χ3v) is 12.2. The molecule has 4 aliphatic rings. The van der Waals surface area contributed by atoms with E-state index >= 15 is 0 Å². The molecule has 1 aromatic heterocycles. The van der Waals surface area contributed by atoms with Gasteiger partial charge in [-0.15, -0.1) is 12.4 Å². The summed E-state index contributed by atoms with van der Waals surface area (Å²) in [6.07, 6.45) is 13.5. The first-order chi connectivity index (χ1) is 28.6. The number of benzene rings is 4. The molecule has 0 spiro atoms. The Morgan fingerprint density at radius 1 is 0.803 bits per heavy atom. The van der Waals surface area contributed by atoms with Crippen LogP contribution in [0.3, 0.4) is 0 Å². The van der Waals surface area contributed by atoms with Crippen LogP contribution in [0.15, 0.2) is 84.0 Å². The maximum atomic E-state index is 12.5. The van der Waals surface area contributed by atoms with Gasteiger partial charge in [0.1, 0.15) is 17.1 Å². The fourth-order valence-corrected chi connectivity index (χ4v) is 9.01. The number of piperidine rings is 2. The number of nitrogens with zero attached hydrogens (tertiary/aromatic N) is 4. The zero-order chi connectivity index (χ0) is 40.9. The minimum Gasteiger partial charge on any atom is -0.508 e. The summed E-state index contributed by atoms with van der Waals surface area (Å²) in [4.78, 5) is 18.8. The van der Waals surface area contributed by atoms with Crippen molar-refractivity contribution in [3.63, 3.8) is 0 Å². The summed E-state index contributed by atoms with van der Waals surface area (Å²) in [5, 5.41) is 28.7. The SMILES string of the molecule is C.CC(C)(C)OC(=O)N1CCC(Cc2cc(-c3ccc(O)cc3)cc3c2cnn3C2CCCCO2)CC1.Cl.Oc1ccc(-c2cc3c(c(CC4CCNCC4)c2)C=NC3)cc1. The molecule has 4 aromatic carbocycles. The van der Waals surface area contributed by atoms with Crippen molar-refractivity contribution in [1.82, 2.24) is 20.0 Å². The van der Waals surface area contributed by atoms with Gasteiger partial charge in [0, 0.05) is 36.9 Å². The van der Waals surface area contributed by atoms with E-state index in [1.165, 1.54) is 46.0 Å². The van der Waals surface area contributed by atoms with Crippen LogP contribution in [0.2, 0.25) is 0 Å². The molecule has 4 aliphatic heterocycles. The van der Waals surface area contributed by atoms with E-state index in [0.29, 0.717) is 11.7 Å². The van der Waals surface area contributed by atoms with Crippen LogP contribution in [-0.4, -0.2) is 75.6 Å². The largest absolute Gasteiger partial charge is 0.508 e. The maximum absolute atomic E-state index is 12.5. The molecule has 3 fully saturated rings. The van der Waals surface area contributed by atoms with E-state index in [4.69, 9.17) is 14.6 Å². The van der Waals surface area contributed by atoms with Gasteiger partial charge in [0.2, 0.25) is 0 Å². The summed E-state index contributed by atoms with van der Waals surface area (Å²) in [6.45, 7) is 11.0. The molecule has 0 saturated carbocycles. The number of aromatic nitrogens is 2. The molecule has 0 bridgehead atoms. The molecule has 61 heavy (non-hydrogen) atoms. The van der Waals surface area contributed by atoms with Gasteiger partial charge in [0.15, 0.2) is 6.23 Å². The number of nitrogens with one attached hydrogen (secondary N) is 1. The fourth-order valence-electron chi connectivity index (χ4n) is 9.01. The number of aliphatic imine (C=N–C) groups is 1. The van der Waals surface area contributed by atoms with Crippen molar-refractivity contribution < 1.29 is 24.5 Å². The van der Waals surface area contributed by atoms with Crippen LogP contribution >= 0.6 is 12.4 Å². The van der Waals surface area contributed by atoms with Crippen LogP contribution in [0.4, 0.5) is 4.79 Å². The highest BCUT2D eigenvalue weighted by Crippen LogP contribution is 2.36. The second-order valence-corrected chi connectivity index (χ2v) is 17.8. The number of likely N-dealkylation sites (tertiary alicyclic amines) is 1. The standard InChI is InChI=1S/C29H37N3O4.C20H22N2O.CH4.ClH/c1-29(2,3)36-28(34)31-13-11-20(12-14-31)16-23-17-22(21-7-9-24(33)10-8-21)18-26-25(23)19-30-32(26)27-6-4-5-15-35-27;23-19-3-1-15(2-4-19)16-10-17(9-14-5-7-21-8-6-14)20-13-22-12-18(20)11-16;;/h7-10,17-20,27,33H,4-6,11-16H2,1-3H3;1-4,10-11,13-14,21,23H,5-9,12H2;1H4;1H. The molecule has 1 amide bonds. The lowest BCUT2D eigenvalue weighted by molar-refractivity contribution is -0.0366. The number of halogens is 1. The molecular weight excluding hydrogens is 786 g/mol. The average molecular weight is 851 g/mol. The Bertz CT molecular complexity index is 2250. The first-order valence-corrected chi connectivity index (χ1v) is 21.6. The zero-order valence-electron chi connectivity index (χ0n) is 35.2. The van der Waals surface area contributed by atoms with Gasteiger partial charge in [-0.3, -0.25) is 4.99 Å². The quantitative estimate of drug-likeness (QED) is 0.149. The van der Waals surface area contributed by atoms with Crippen molar-refractivity contribution in [2.45, 2.75) is 104 Å². The number of carbonyl (C=O) groups excluding carboxylic acids is 1. The van der Waals surface area contributed by atoms with Crippen molar-refractivity contribution in [1.29, 1.82) is 0 Å². The van der Waals surface area contributed by atoms with E-state index in [1.54, 1.807) is 24.3 Å². The van der Waals surface area contributed by atoms with Crippen LogP contribution in [0.1, 0.15) is 102 Å². The number of phenols is 2. The van der Waals surface area contributed by atoms with Crippen LogP contribution in [-0.2, 0) is 28.9 Å². The first kappa shape index (κ1) is 45.6. The number of rotatable bonds is 7. The molecule has 11 heteroatoms. The number of phenolic OH excluding ortho intramolecular Hbond substituents is 2. The second-order valence-electron chi connectivity index (χ2n) is 17.8. The van der Waals surface area contributed by atoms with Crippen molar-refractivity contribution in [3.8, 4) is 33.8 Å². The molecule has 3 N–H and O–H groups in total. The van der Waals surface area contributed by atoms with E-state index in [0.717, 1.165) is 112 Å². The van der Waals surface area contributed by atoms with E-state index in [-0.39, 0.29) is 37.9 Å². The molecule has 5 heterocycles. The Balaban J connectivity index is 0.000000215. The monoisotopic (exact) mass is 849 g/mol. The van der Waals surface area contributed by atoms with Crippen molar-refractivity contribution in [2.24, 2.45) is 16.8 Å². The summed E-state index contributed by atoms with van der Waals surface area (Å²) in [5.74, 6) is 1.83. The summed E-state index contributed by atoms with van der Waals surface area (Å²) in [6, 6.07) is 23.9. The highest BCUT2D eigenvalue weighted by molar-refractivity contribution is 5.89. The van der Waals surface area contributed by atoms with Gasteiger partial charge >= 0.3 is 6.09 Å². The van der Waals surface area contributed by atoms with Crippen molar-refractivity contribution in [3.05, 3.63) is 101 Å². The van der Waals surface area contributed by atoms with Crippen molar-refractivity contribution in [2.75, 3.05) is 32.8 Å². The van der Waals surface area contributed by atoms with E-state index < -0.39 is 5.60 Å². The lowest BCUT2D eigenvalue weighted by atomic mass is 9.86. The molecular formula is C50H64ClN5O5. The predicted molar refractivity (Wildman–Crippen MR) is 248 cm³/mol. The zero-order valence-corrected chi connectivity index (χ0v) is 36.1. The maximum Gasteiger partial charge on any atom is 0.410 e. The summed E-state index contributed by atoms with van der Waals surface area (Å²) in [7, 11) is 0. The van der Waals surface area contributed by atoms with E-state index in [2.05, 4.69) is 34.6 Å². The van der Waals surface area contributed by atoms with Crippen LogP contribution in [0, 0.1) is 11.8 Å². The number of hydrogen-bond donors (Lipinski definition) is 3. The minimum atomic E-state index is -0.476. The number of hydrogen-bond acceptors (Lipinski definition) is 8. The number of carbonyl (C=O) groups is 1. The van der Waals surface area contributed by atoms with Crippen LogP contribution < -0.4 is 5.32 Å². The molecule has 0 radical (unpaired) electrons. The van der Waals surface area contributed by atoms with Crippen molar-refractivity contribution >= 4 is 35.6 Å². The Morgan fingerprint density at radius 2 is 1.41 bits per heavy atom. The highest BCUT2D eigenvalue weighted by atomic mass is 35.5. The molecule has 1 atom stereocenters. The van der Waals surface area contributed by atoms with Gasteiger partial charge in [-0.1, -0.05) is 43.8 Å². The van der Waals surface area contributed by atoms with Gasteiger partial charge in [-0.2, -0.15) is 5.10 Å². The molecule has 326 valence electrons. The van der Waals surface area contributed by atoms with Gasteiger partial charge in [0.25, 0.3) is 0 Å². The molecule has 5 aromatic rings. The van der Waals surface area contributed by atoms with Crippen LogP contribution in [0.25, 0.3) is 33.2 Å².